The average molecular weight is 394 g/mol. The third-order valence-corrected chi connectivity index (χ3v) is 4.86. The summed E-state index contributed by atoms with van der Waals surface area (Å²) in [5.74, 6) is 1.60. The summed E-state index contributed by atoms with van der Waals surface area (Å²) in [6, 6.07) is 14.3. The molecule has 8 heteroatoms. The minimum atomic E-state index is -0.584. The van der Waals surface area contributed by atoms with Crippen molar-refractivity contribution in [3.63, 3.8) is 0 Å². The highest BCUT2D eigenvalue weighted by Crippen LogP contribution is 2.40. The first-order chi connectivity index (χ1) is 14.1. The fourth-order valence-electron chi connectivity index (χ4n) is 3.15. The van der Waals surface area contributed by atoms with Gasteiger partial charge in [0.1, 0.15) is 5.75 Å². The molecule has 4 rings (SSSR count). The van der Waals surface area contributed by atoms with Gasteiger partial charge >= 0.3 is 12.1 Å². The first kappa shape index (κ1) is 18.8. The predicted molar refractivity (Wildman–Crippen MR) is 106 cm³/mol. The molecule has 0 spiro atoms. The molecule has 0 bridgehead atoms. The SMILES string of the molecule is COc1ccc(CC(NC(=O)Nc2ccc(C3CC3)cc2)c2noc(O)n2)cc1. The van der Waals surface area contributed by atoms with E-state index in [-0.39, 0.29) is 5.82 Å². The Balaban J connectivity index is 1.44. The van der Waals surface area contributed by atoms with Crippen LogP contribution in [0, 0.1) is 0 Å². The fourth-order valence-corrected chi connectivity index (χ4v) is 3.15. The summed E-state index contributed by atoms with van der Waals surface area (Å²) in [6.45, 7) is 0. The van der Waals surface area contributed by atoms with Crippen LogP contribution in [0.15, 0.2) is 53.1 Å². The predicted octanol–water partition coefficient (Wildman–Crippen LogP) is 3.77. The maximum absolute atomic E-state index is 12.5. The number of methoxy groups -OCH3 is 1. The van der Waals surface area contributed by atoms with E-state index in [1.165, 1.54) is 18.4 Å². The number of aromatic hydroxyl groups is 1. The highest BCUT2D eigenvalue weighted by Gasteiger charge is 2.24. The van der Waals surface area contributed by atoms with Crippen LogP contribution in [0.1, 0.15) is 41.8 Å². The van der Waals surface area contributed by atoms with Gasteiger partial charge in [0.25, 0.3) is 0 Å². The Kier molecular flexibility index (Phi) is 5.33. The second kappa shape index (κ2) is 8.22. The molecule has 2 aromatic carbocycles. The van der Waals surface area contributed by atoms with Gasteiger partial charge in [-0.2, -0.15) is 4.98 Å². The number of carbonyl (C=O) groups is 1. The maximum Gasteiger partial charge on any atom is 0.414 e. The molecule has 1 atom stereocenters. The van der Waals surface area contributed by atoms with Gasteiger partial charge in [-0.15, -0.1) is 0 Å². The number of hydrogen-bond acceptors (Lipinski definition) is 6. The summed E-state index contributed by atoms with van der Waals surface area (Å²) in [5.41, 5.74) is 2.94. The Morgan fingerprint density at radius 2 is 1.93 bits per heavy atom. The van der Waals surface area contributed by atoms with Gasteiger partial charge in [-0.05, 0) is 54.2 Å². The lowest BCUT2D eigenvalue weighted by Crippen LogP contribution is -2.34. The van der Waals surface area contributed by atoms with Crippen LogP contribution in [-0.4, -0.2) is 28.4 Å². The molecule has 1 unspecified atom stereocenters. The van der Waals surface area contributed by atoms with E-state index >= 15 is 0 Å². The topological polar surface area (TPSA) is 110 Å². The summed E-state index contributed by atoms with van der Waals surface area (Å²) in [6.07, 6.45) is 2.34. The quantitative estimate of drug-likeness (QED) is 0.563. The number of aromatic nitrogens is 2. The molecule has 3 N–H and O–H groups in total. The van der Waals surface area contributed by atoms with E-state index in [0.29, 0.717) is 18.0 Å². The molecule has 0 saturated heterocycles. The van der Waals surface area contributed by atoms with E-state index in [4.69, 9.17) is 4.74 Å². The first-order valence-corrected chi connectivity index (χ1v) is 9.43. The van der Waals surface area contributed by atoms with Gasteiger partial charge in [-0.3, -0.25) is 4.52 Å². The Morgan fingerprint density at radius 1 is 1.21 bits per heavy atom. The molecule has 3 aromatic rings. The normalized spacial score (nSPS) is 14.2. The zero-order chi connectivity index (χ0) is 20.2. The van der Waals surface area contributed by atoms with Crippen LogP contribution in [0.3, 0.4) is 0 Å². The standard InChI is InChI=1S/C21H22N4O4/c1-28-17-10-2-13(3-11-17)12-18(19-24-21(27)29-25-19)23-20(26)22-16-8-6-15(7-9-16)14-4-5-14/h2-3,6-11,14,18H,4-5,12H2,1H3,(H2,22,23,26)(H,24,25,27). The number of anilines is 1. The number of ether oxygens (including phenoxy) is 1. The van der Waals surface area contributed by atoms with Crippen molar-refractivity contribution in [1.29, 1.82) is 0 Å². The van der Waals surface area contributed by atoms with Gasteiger partial charge < -0.3 is 20.5 Å². The van der Waals surface area contributed by atoms with Crippen LogP contribution in [0.25, 0.3) is 0 Å². The van der Waals surface area contributed by atoms with E-state index in [1.54, 1.807) is 7.11 Å². The lowest BCUT2D eigenvalue weighted by Gasteiger charge is -2.16. The molecular formula is C21H22N4O4. The first-order valence-electron chi connectivity index (χ1n) is 9.43. The van der Waals surface area contributed by atoms with Gasteiger partial charge in [0.2, 0.25) is 0 Å². The van der Waals surface area contributed by atoms with Gasteiger partial charge in [0.05, 0.1) is 13.2 Å². The number of nitrogens with one attached hydrogen (secondary N) is 2. The number of urea groups is 1. The minimum absolute atomic E-state index is 0.192. The van der Waals surface area contributed by atoms with Gasteiger partial charge in [-0.25, -0.2) is 4.79 Å². The molecule has 29 heavy (non-hydrogen) atoms. The second-order valence-corrected chi connectivity index (χ2v) is 7.03. The third-order valence-electron chi connectivity index (χ3n) is 4.86. The molecule has 1 saturated carbocycles. The van der Waals surface area contributed by atoms with Crippen molar-refractivity contribution in [1.82, 2.24) is 15.5 Å². The van der Waals surface area contributed by atoms with Crippen LogP contribution in [0.5, 0.6) is 11.8 Å². The van der Waals surface area contributed by atoms with Crippen molar-refractivity contribution < 1.29 is 19.2 Å². The minimum Gasteiger partial charge on any atom is -0.497 e. The molecule has 8 nitrogen and oxygen atoms in total. The Labute approximate surface area is 167 Å². The summed E-state index contributed by atoms with van der Waals surface area (Å²) < 4.78 is 9.83. The lowest BCUT2D eigenvalue weighted by atomic mass is 10.1. The van der Waals surface area contributed by atoms with Crippen molar-refractivity contribution in [2.24, 2.45) is 0 Å². The Bertz CT molecular complexity index is 965. The third kappa shape index (κ3) is 4.84. The zero-order valence-electron chi connectivity index (χ0n) is 16.0. The zero-order valence-corrected chi connectivity index (χ0v) is 16.0. The monoisotopic (exact) mass is 394 g/mol. The molecule has 1 aromatic heterocycles. The van der Waals surface area contributed by atoms with Crippen molar-refractivity contribution in [2.45, 2.75) is 31.2 Å². The number of rotatable bonds is 7. The van der Waals surface area contributed by atoms with E-state index in [0.717, 1.165) is 11.3 Å². The number of amides is 2. The number of hydrogen-bond donors (Lipinski definition) is 3. The van der Waals surface area contributed by atoms with E-state index in [9.17, 15) is 9.90 Å². The Hall–Kier alpha value is -3.55. The lowest BCUT2D eigenvalue weighted by molar-refractivity contribution is 0.247. The van der Waals surface area contributed by atoms with Gasteiger partial charge in [-0.1, -0.05) is 29.4 Å². The van der Waals surface area contributed by atoms with Crippen molar-refractivity contribution in [3.8, 4) is 11.8 Å². The number of carbonyl (C=O) groups excluding carboxylic acids is 1. The summed E-state index contributed by atoms with van der Waals surface area (Å²) in [4.78, 5) is 16.4. The summed E-state index contributed by atoms with van der Waals surface area (Å²) in [7, 11) is 1.60. The van der Waals surface area contributed by atoms with Gasteiger partial charge in [0.15, 0.2) is 5.82 Å². The molecule has 1 aliphatic carbocycles. The molecule has 1 fully saturated rings. The van der Waals surface area contributed by atoms with E-state index in [1.807, 2.05) is 48.5 Å². The summed E-state index contributed by atoms with van der Waals surface area (Å²) >= 11 is 0. The number of nitrogens with zero attached hydrogens (tertiary/aromatic N) is 2. The van der Waals surface area contributed by atoms with Crippen molar-refractivity contribution in [3.05, 3.63) is 65.5 Å². The molecule has 0 aliphatic heterocycles. The molecule has 0 radical (unpaired) electrons. The fraction of sp³-hybridized carbons (Fsp3) is 0.286. The highest BCUT2D eigenvalue weighted by molar-refractivity contribution is 5.89. The van der Waals surface area contributed by atoms with Crippen LogP contribution in [0.4, 0.5) is 10.5 Å². The van der Waals surface area contributed by atoms with Crippen LogP contribution in [0.2, 0.25) is 0 Å². The van der Waals surface area contributed by atoms with Crippen LogP contribution < -0.4 is 15.4 Å². The Morgan fingerprint density at radius 3 is 2.52 bits per heavy atom. The van der Waals surface area contributed by atoms with Crippen molar-refractivity contribution >= 4 is 11.7 Å². The van der Waals surface area contributed by atoms with Gasteiger partial charge in [0, 0.05) is 12.1 Å². The van der Waals surface area contributed by atoms with Crippen molar-refractivity contribution in [2.75, 3.05) is 12.4 Å². The maximum atomic E-state index is 12.5. The smallest absolute Gasteiger partial charge is 0.414 e. The molecule has 2 amide bonds. The second-order valence-electron chi connectivity index (χ2n) is 7.03. The van der Waals surface area contributed by atoms with Crippen LogP contribution >= 0.6 is 0 Å². The number of benzene rings is 2. The molecule has 1 heterocycles. The highest BCUT2D eigenvalue weighted by atomic mass is 16.6. The summed E-state index contributed by atoms with van der Waals surface area (Å²) in [5, 5.41) is 18.8. The largest absolute Gasteiger partial charge is 0.497 e. The molecule has 1 aliphatic rings. The van der Waals surface area contributed by atoms with E-state index in [2.05, 4.69) is 25.3 Å². The molecule has 150 valence electrons. The van der Waals surface area contributed by atoms with Crippen LogP contribution in [-0.2, 0) is 6.42 Å². The van der Waals surface area contributed by atoms with E-state index < -0.39 is 18.1 Å². The molecular weight excluding hydrogens is 372 g/mol. The average Bonchev–Trinajstić information content (AvgIpc) is 3.49.